The van der Waals surface area contributed by atoms with E-state index in [0.29, 0.717) is 19.4 Å². The zero-order valence-corrected chi connectivity index (χ0v) is 13.0. The van der Waals surface area contributed by atoms with Crippen molar-refractivity contribution in [3.8, 4) is 0 Å². The fraction of sp³-hybridized carbons (Fsp3) is 0.636. The first-order valence-electron chi connectivity index (χ1n) is 6.04. The van der Waals surface area contributed by atoms with Gasteiger partial charge < -0.3 is 9.84 Å². The first-order valence-corrected chi connectivity index (χ1v) is 8.36. The number of esters is 1. The monoisotopic (exact) mass is 322 g/mol. The lowest BCUT2D eigenvalue weighted by atomic mass is 10.2. The smallest absolute Gasteiger partial charge is 0.358 e. The number of aliphatic hydroxyl groups excluding tert-OH is 1. The average Bonchev–Trinajstić information content (AvgIpc) is 2.92. The SMILES string of the molecule is COC(=O)c1ncsc1S(=O)(=O)N(C)CCCCCO. The molecule has 0 unspecified atom stereocenters. The molecule has 0 aliphatic heterocycles. The Morgan fingerprint density at radius 3 is 2.75 bits per heavy atom. The second-order valence-corrected chi connectivity index (χ2v) is 7.19. The summed E-state index contributed by atoms with van der Waals surface area (Å²) in [5.41, 5.74) is 1.12. The Labute approximate surface area is 122 Å². The fourth-order valence-electron chi connectivity index (χ4n) is 1.54. The van der Waals surface area contributed by atoms with Crippen LogP contribution in [0.4, 0.5) is 0 Å². The molecular formula is C11H18N2O5S2. The number of unbranched alkanes of at least 4 members (excludes halogenated alkanes) is 2. The van der Waals surface area contributed by atoms with Gasteiger partial charge in [0.25, 0.3) is 10.0 Å². The van der Waals surface area contributed by atoms with E-state index in [1.54, 1.807) is 0 Å². The number of carbonyl (C=O) groups is 1. The number of rotatable bonds is 8. The maximum absolute atomic E-state index is 12.3. The second-order valence-electron chi connectivity index (χ2n) is 4.09. The molecule has 0 bridgehead atoms. The van der Waals surface area contributed by atoms with Crippen molar-refractivity contribution in [2.75, 3.05) is 27.3 Å². The molecule has 0 saturated heterocycles. The van der Waals surface area contributed by atoms with Gasteiger partial charge in [-0.3, -0.25) is 0 Å². The zero-order valence-electron chi connectivity index (χ0n) is 11.4. The number of nitrogens with zero attached hydrogens (tertiary/aromatic N) is 2. The van der Waals surface area contributed by atoms with Gasteiger partial charge in [0.15, 0.2) is 9.90 Å². The lowest BCUT2D eigenvalue weighted by molar-refractivity contribution is 0.0590. The van der Waals surface area contributed by atoms with Gasteiger partial charge >= 0.3 is 5.97 Å². The summed E-state index contributed by atoms with van der Waals surface area (Å²) in [5, 5.41) is 8.68. The van der Waals surface area contributed by atoms with Gasteiger partial charge in [0.05, 0.1) is 12.6 Å². The fourth-order valence-corrected chi connectivity index (χ4v) is 4.07. The van der Waals surface area contributed by atoms with Crippen LogP contribution in [-0.2, 0) is 14.8 Å². The number of hydrogen-bond donors (Lipinski definition) is 1. The van der Waals surface area contributed by atoms with Crippen LogP contribution in [-0.4, -0.2) is 56.1 Å². The number of thiazole rings is 1. The molecule has 0 fully saturated rings. The van der Waals surface area contributed by atoms with Gasteiger partial charge in [-0.1, -0.05) is 0 Å². The molecule has 0 spiro atoms. The van der Waals surface area contributed by atoms with Crippen molar-refractivity contribution in [3.05, 3.63) is 11.2 Å². The van der Waals surface area contributed by atoms with E-state index in [-0.39, 0.29) is 16.5 Å². The lowest BCUT2D eigenvalue weighted by Crippen LogP contribution is -2.28. The highest BCUT2D eigenvalue weighted by Crippen LogP contribution is 2.24. The number of ether oxygens (including phenoxy) is 1. The molecule has 7 nitrogen and oxygen atoms in total. The van der Waals surface area contributed by atoms with Crippen LogP contribution >= 0.6 is 11.3 Å². The van der Waals surface area contributed by atoms with E-state index >= 15 is 0 Å². The van der Waals surface area contributed by atoms with E-state index in [2.05, 4.69) is 9.72 Å². The molecule has 20 heavy (non-hydrogen) atoms. The maximum Gasteiger partial charge on any atom is 0.358 e. The van der Waals surface area contributed by atoms with Crippen molar-refractivity contribution in [3.63, 3.8) is 0 Å². The van der Waals surface area contributed by atoms with E-state index in [1.807, 2.05) is 0 Å². The molecule has 0 radical (unpaired) electrons. The Morgan fingerprint density at radius 2 is 2.15 bits per heavy atom. The van der Waals surface area contributed by atoms with E-state index in [4.69, 9.17) is 5.11 Å². The van der Waals surface area contributed by atoms with Gasteiger partial charge in [0.1, 0.15) is 0 Å². The molecular weight excluding hydrogens is 304 g/mol. The maximum atomic E-state index is 12.3. The van der Waals surface area contributed by atoms with E-state index in [0.717, 1.165) is 17.8 Å². The van der Waals surface area contributed by atoms with Crippen molar-refractivity contribution in [1.29, 1.82) is 0 Å². The molecule has 1 N–H and O–H groups in total. The van der Waals surface area contributed by atoms with Crippen molar-refractivity contribution in [1.82, 2.24) is 9.29 Å². The van der Waals surface area contributed by atoms with Crippen molar-refractivity contribution < 1.29 is 23.1 Å². The van der Waals surface area contributed by atoms with Crippen LogP contribution in [0.15, 0.2) is 9.72 Å². The van der Waals surface area contributed by atoms with Gasteiger partial charge in [-0.15, -0.1) is 11.3 Å². The summed E-state index contributed by atoms with van der Waals surface area (Å²) in [6.45, 7) is 0.415. The summed E-state index contributed by atoms with van der Waals surface area (Å²) >= 11 is 0.891. The molecule has 9 heteroatoms. The Morgan fingerprint density at radius 1 is 1.45 bits per heavy atom. The lowest BCUT2D eigenvalue weighted by Gasteiger charge is -2.16. The summed E-state index contributed by atoms with van der Waals surface area (Å²) in [6, 6.07) is 0. The molecule has 0 aliphatic carbocycles. The zero-order chi connectivity index (χ0) is 15.2. The number of hydrogen-bond acceptors (Lipinski definition) is 7. The summed E-state index contributed by atoms with van der Waals surface area (Å²) < 4.78 is 30.3. The number of aliphatic hydroxyl groups is 1. The van der Waals surface area contributed by atoms with Crippen LogP contribution in [0.3, 0.4) is 0 Å². The highest BCUT2D eigenvalue weighted by molar-refractivity contribution is 7.91. The largest absolute Gasteiger partial charge is 0.464 e. The highest BCUT2D eigenvalue weighted by atomic mass is 32.2. The molecule has 0 atom stereocenters. The number of aromatic nitrogens is 1. The Kier molecular flexibility index (Phi) is 6.53. The molecule has 0 amide bonds. The number of carbonyl (C=O) groups excluding carboxylic acids is 1. The molecule has 0 aliphatic rings. The molecule has 0 aromatic carbocycles. The predicted octanol–water partition coefficient (Wildman–Crippen LogP) is 0.713. The van der Waals surface area contributed by atoms with Crippen LogP contribution < -0.4 is 0 Å². The minimum atomic E-state index is -3.74. The van der Waals surface area contributed by atoms with Gasteiger partial charge in [-0.25, -0.2) is 22.5 Å². The second kappa shape index (κ2) is 7.67. The van der Waals surface area contributed by atoms with Crippen LogP contribution in [0.2, 0.25) is 0 Å². The first kappa shape index (κ1) is 17.0. The molecule has 114 valence electrons. The van der Waals surface area contributed by atoms with Crippen LogP contribution in [0, 0.1) is 0 Å². The average molecular weight is 322 g/mol. The third-order valence-corrected chi connectivity index (χ3v) is 5.89. The Bertz CT molecular complexity index is 541. The molecule has 1 aromatic heterocycles. The van der Waals surface area contributed by atoms with Crippen molar-refractivity contribution >= 4 is 27.3 Å². The quantitative estimate of drug-likeness (QED) is 0.559. The van der Waals surface area contributed by atoms with Crippen molar-refractivity contribution in [2.45, 2.75) is 23.5 Å². The van der Waals surface area contributed by atoms with Gasteiger partial charge in [0.2, 0.25) is 0 Å². The molecule has 1 aromatic rings. The summed E-state index contributed by atoms with van der Waals surface area (Å²) in [7, 11) is -1.11. The number of sulfonamides is 1. The molecule has 1 rings (SSSR count). The molecule has 1 heterocycles. The summed E-state index contributed by atoms with van der Waals surface area (Å²) in [6.07, 6.45) is 2.02. The van der Waals surface area contributed by atoms with E-state index in [1.165, 1.54) is 24.0 Å². The highest BCUT2D eigenvalue weighted by Gasteiger charge is 2.29. The van der Waals surface area contributed by atoms with Crippen molar-refractivity contribution in [2.24, 2.45) is 0 Å². The van der Waals surface area contributed by atoms with Crippen LogP contribution in [0.1, 0.15) is 29.8 Å². The first-order chi connectivity index (χ1) is 9.45. The summed E-state index contributed by atoms with van der Waals surface area (Å²) in [5.74, 6) is -0.765. The molecule has 0 saturated carbocycles. The third kappa shape index (κ3) is 3.98. The summed E-state index contributed by atoms with van der Waals surface area (Å²) in [4.78, 5) is 15.2. The standard InChI is InChI=1S/C11H18N2O5S2/c1-13(6-4-3-5-7-14)20(16,17)11-9(10(15)18-2)12-8-19-11/h8,14H,3-7H2,1-2H3. The van der Waals surface area contributed by atoms with Crippen LogP contribution in [0.5, 0.6) is 0 Å². The Balaban J connectivity index is 2.83. The van der Waals surface area contributed by atoms with E-state index < -0.39 is 16.0 Å². The van der Waals surface area contributed by atoms with E-state index in [9.17, 15) is 13.2 Å². The topological polar surface area (TPSA) is 96.8 Å². The van der Waals surface area contributed by atoms with Gasteiger partial charge in [0, 0.05) is 20.2 Å². The normalized spacial score (nSPS) is 11.8. The Hall–Kier alpha value is -1.03. The predicted molar refractivity (Wildman–Crippen MR) is 74.2 cm³/mol. The number of methoxy groups -OCH3 is 1. The minimum absolute atomic E-state index is 0.0950. The van der Waals surface area contributed by atoms with Gasteiger partial charge in [-0.2, -0.15) is 0 Å². The minimum Gasteiger partial charge on any atom is -0.464 e. The third-order valence-electron chi connectivity index (χ3n) is 2.69. The van der Waals surface area contributed by atoms with Gasteiger partial charge in [-0.05, 0) is 19.3 Å². The van der Waals surface area contributed by atoms with Crippen LogP contribution in [0.25, 0.3) is 0 Å².